The Hall–Kier alpha value is -1.87. The molecular weight excluding hydrogens is 182 g/mol. The summed E-state index contributed by atoms with van der Waals surface area (Å²) in [7, 11) is 1.59. The zero-order chi connectivity index (χ0) is 10.6. The molecule has 74 valence electrons. The molecule has 0 fully saturated rings. The van der Waals surface area contributed by atoms with Gasteiger partial charge in [0.25, 0.3) is 0 Å². The van der Waals surface area contributed by atoms with E-state index in [9.17, 15) is 0 Å². The minimum atomic E-state index is -0.223. The summed E-state index contributed by atoms with van der Waals surface area (Å²) in [6.07, 6.45) is 1.50. The predicted molar refractivity (Wildman–Crippen MR) is 51.0 cm³/mol. The Morgan fingerprint density at radius 1 is 1.86 bits per heavy atom. The van der Waals surface area contributed by atoms with Gasteiger partial charge < -0.3 is 15.0 Å². The van der Waals surface area contributed by atoms with Gasteiger partial charge in [-0.25, -0.2) is 4.98 Å². The van der Waals surface area contributed by atoms with E-state index in [1.165, 1.54) is 6.33 Å². The van der Waals surface area contributed by atoms with Crippen LogP contribution >= 0.6 is 0 Å². The highest BCUT2D eigenvalue weighted by molar-refractivity contribution is 6.10. The van der Waals surface area contributed by atoms with E-state index in [-0.39, 0.29) is 11.4 Å². The number of nitrogens with one attached hydrogen (secondary N) is 1. The number of rotatable bonds is 4. The number of hydrogen-bond acceptors (Lipinski definition) is 5. The van der Waals surface area contributed by atoms with E-state index >= 15 is 0 Å². The summed E-state index contributed by atoms with van der Waals surface area (Å²) in [5.74, 6) is 0.327. The first kappa shape index (κ1) is 10.2. The summed E-state index contributed by atoms with van der Waals surface area (Å²) >= 11 is 0. The molecule has 0 saturated heterocycles. The van der Waals surface area contributed by atoms with Gasteiger partial charge in [0, 0.05) is 13.7 Å². The zero-order valence-electron chi connectivity index (χ0n) is 7.82. The topological polar surface area (TPSA) is 101 Å². The molecule has 0 radical (unpaired) electrons. The number of nitrogens with zero attached hydrogens (tertiary/aromatic N) is 3. The second-order valence-electron chi connectivity index (χ2n) is 2.65. The van der Waals surface area contributed by atoms with Gasteiger partial charge in [0.15, 0.2) is 5.71 Å². The summed E-state index contributed by atoms with van der Waals surface area (Å²) in [4.78, 5) is 3.87. The molecule has 1 aromatic rings. The Morgan fingerprint density at radius 3 is 3.14 bits per heavy atom. The van der Waals surface area contributed by atoms with Crippen molar-refractivity contribution in [3.63, 3.8) is 0 Å². The minimum absolute atomic E-state index is 0.223. The normalized spacial score (nSPS) is 9.71. The van der Waals surface area contributed by atoms with Gasteiger partial charge in [0.2, 0.25) is 0 Å². The maximum absolute atomic E-state index is 8.49. The van der Waals surface area contributed by atoms with Crippen molar-refractivity contribution in [2.24, 2.45) is 0 Å². The fraction of sp³-hybridized carbons (Fsp3) is 0.375. The third kappa shape index (κ3) is 1.89. The number of anilines is 1. The maximum Gasteiger partial charge on any atom is 0.161 e. The molecule has 0 aliphatic rings. The van der Waals surface area contributed by atoms with Crippen LogP contribution in [0.1, 0.15) is 5.69 Å². The third-order valence-corrected chi connectivity index (χ3v) is 1.76. The zero-order valence-corrected chi connectivity index (χ0v) is 7.82. The van der Waals surface area contributed by atoms with E-state index in [2.05, 4.69) is 4.98 Å². The lowest BCUT2D eigenvalue weighted by atomic mass is 10.3. The van der Waals surface area contributed by atoms with Crippen molar-refractivity contribution in [1.29, 1.82) is 10.7 Å². The van der Waals surface area contributed by atoms with Crippen LogP contribution in [0.15, 0.2) is 6.33 Å². The van der Waals surface area contributed by atoms with Gasteiger partial charge in [0.05, 0.1) is 12.9 Å². The highest BCUT2D eigenvalue weighted by Crippen LogP contribution is 2.09. The molecule has 14 heavy (non-hydrogen) atoms. The fourth-order valence-electron chi connectivity index (χ4n) is 1.01. The van der Waals surface area contributed by atoms with Gasteiger partial charge in [-0.15, -0.1) is 0 Å². The minimum Gasteiger partial charge on any atom is -0.383 e. The van der Waals surface area contributed by atoms with Crippen LogP contribution < -0.4 is 5.73 Å². The predicted octanol–water partition coefficient (Wildman–Crippen LogP) is 0.00315. The summed E-state index contributed by atoms with van der Waals surface area (Å²) in [5, 5.41) is 15.8. The van der Waals surface area contributed by atoms with E-state index in [0.717, 1.165) is 0 Å². The molecule has 0 aliphatic carbocycles. The first-order valence-corrected chi connectivity index (χ1v) is 3.99. The molecular formula is C8H11N5O. The monoisotopic (exact) mass is 193 g/mol. The molecule has 1 aromatic heterocycles. The first-order chi connectivity index (χ1) is 6.70. The molecule has 1 heterocycles. The van der Waals surface area contributed by atoms with Crippen molar-refractivity contribution in [2.75, 3.05) is 19.5 Å². The van der Waals surface area contributed by atoms with Crippen LogP contribution in [-0.2, 0) is 11.3 Å². The van der Waals surface area contributed by atoms with Crippen molar-refractivity contribution in [3.8, 4) is 6.07 Å². The summed E-state index contributed by atoms with van der Waals surface area (Å²) in [5.41, 5.74) is 5.68. The summed E-state index contributed by atoms with van der Waals surface area (Å²) in [6.45, 7) is 1.08. The molecule has 0 unspecified atom stereocenters. The van der Waals surface area contributed by atoms with Gasteiger partial charge in [-0.2, -0.15) is 5.26 Å². The largest absolute Gasteiger partial charge is 0.383 e. The van der Waals surface area contributed by atoms with Gasteiger partial charge in [-0.3, -0.25) is 5.41 Å². The van der Waals surface area contributed by atoms with Crippen LogP contribution in [0.2, 0.25) is 0 Å². The highest BCUT2D eigenvalue weighted by Gasteiger charge is 2.11. The molecule has 6 nitrogen and oxygen atoms in total. The maximum atomic E-state index is 8.49. The Kier molecular flexibility index (Phi) is 3.20. The van der Waals surface area contributed by atoms with Gasteiger partial charge in [-0.05, 0) is 0 Å². The molecule has 0 atom stereocenters. The van der Waals surface area contributed by atoms with E-state index in [1.807, 2.05) is 0 Å². The Balaban J connectivity index is 2.86. The highest BCUT2D eigenvalue weighted by atomic mass is 16.5. The van der Waals surface area contributed by atoms with Crippen molar-refractivity contribution in [2.45, 2.75) is 6.54 Å². The molecule has 1 rings (SSSR count). The molecule has 6 heteroatoms. The fourth-order valence-corrected chi connectivity index (χ4v) is 1.01. The van der Waals surface area contributed by atoms with Crippen LogP contribution in [-0.4, -0.2) is 29.0 Å². The van der Waals surface area contributed by atoms with Gasteiger partial charge in [0.1, 0.15) is 17.6 Å². The smallest absolute Gasteiger partial charge is 0.161 e. The molecule has 0 aromatic carbocycles. The van der Waals surface area contributed by atoms with E-state index < -0.39 is 0 Å². The Morgan fingerprint density at radius 2 is 2.57 bits per heavy atom. The lowest BCUT2D eigenvalue weighted by molar-refractivity contribution is 0.188. The number of nitrogen functional groups attached to an aromatic ring is 1. The van der Waals surface area contributed by atoms with E-state index in [1.54, 1.807) is 17.7 Å². The number of nitriles is 1. The van der Waals surface area contributed by atoms with Crippen molar-refractivity contribution >= 4 is 11.5 Å². The second-order valence-corrected chi connectivity index (χ2v) is 2.65. The van der Waals surface area contributed by atoms with Gasteiger partial charge >= 0.3 is 0 Å². The Bertz CT molecular complexity index is 376. The average Bonchev–Trinajstić information content (AvgIpc) is 2.56. The van der Waals surface area contributed by atoms with E-state index in [4.69, 9.17) is 21.1 Å². The number of nitrogens with two attached hydrogens (primary N) is 1. The summed E-state index contributed by atoms with van der Waals surface area (Å²) < 4.78 is 6.52. The van der Waals surface area contributed by atoms with Crippen molar-refractivity contribution in [1.82, 2.24) is 9.55 Å². The first-order valence-electron chi connectivity index (χ1n) is 3.99. The SMILES string of the molecule is COCCn1cnc(C(=N)C#N)c1N. The van der Waals surface area contributed by atoms with Crippen LogP contribution in [0.3, 0.4) is 0 Å². The average molecular weight is 193 g/mol. The Labute approximate surface area is 81.4 Å². The molecule has 3 N–H and O–H groups in total. The quantitative estimate of drug-likeness (QED) is 0.657. The third-order valence-electron chi connectivity index (χ3n) is 1.76. The molecule has 0 saturated carbocycles. The van der Waals surface area contributed by atoms with Crippen molar-refractivity contribution < 1.29 is 4.74 Å². The number of methoxy groups -OCH3 is 1. The molecule has 0 bridgehead atoms. The van der Waals surface area contributed by atoms with Crippen LogP contribution in [0, 0.1) is 16.7 Å². The molecule has 0 aliphatic heterocycles. The lowest BCUT2D eigenvalue weighted by Crippen LogP contribution is -2.08. The summed E-state index contributed by atoms with van der Waals surface area (Å²) in [6, 6.07) is 1.69. The second kappa shape index (κ2) is 4.39. The number of aromatic nitrogens is 2. The van der Waals surface area contributed by atoms with Crippen LogP contribution in [0.5, 0.6) is 0 Å². The van der Waals surface area contributed by atoms with E-state index in [0.29, 0.717) is 19.0 Å². The van der Waals surface area contributed by atoms with Gasteiger partial charge in [-0.1, -0.05) is 0 Å². The number of ether oxygens (including phenoxy) is 1. The molecule has 0 spiro atoms. The standard InChI is InChI=1S/C8H11N5O/c1-14-3-2-13-5-12-7(8(13)11)6(10)4-9/h5,10H,2-3,11H2,1H3. The van der Waals surface area contributed by atoms with Crippen LogP contribution in [0.25, 0.3) is 0 Å². The van der Waals surface area contributed by atoms with Crippen molar-refractivity contribution in [3.05, 3.63) is 12.0 Å². The van der Waals surface area contributed by atoms with Crippen LogP contribution in [0.4, 0.5) is 5.82 Å². The number of hydrogen-bond donors (Lipinski definition) is 2. The lowest BCUT2D eigenvalue weighted by Gasteiger charge is -2.03. The molecule has 0 amide bonds. The number of imidazole rings is 1.